The smallest absolute Gasteiger partial charge is 0.272 e. The van der Waals surface area contributed by atoms with E-state index in [1.165, 1.54) is 6.07 Å². The predicted molar refractivity (Wildman–Crippen MR) is 105 cm³/mol. The van der Waals surface area contributed by atoms with E-state index in [1.807, 2.05) is 19.2 Å². The summed E-state index contributed by atoms with van der Waals surface area (Å²) in [6.45, 7) is 1.97. The largest absolute Gasteiger partial charge is 0.390 e. The maximum Gasteiger partial charge on any atom is 0.272 e. The number of halogens is 2. The van der Waals surface area contributed by atoms with Crippen LogP contribution in [0, 0.1) is 23.5 Å². The van der Waals surface area contributed by atoms with Crippen molar-refractivity contribution in [3.8, 4) is 0 Å². The Morgan fingerprint density at radius 1 is 1.21 bits per heavy atom. The van der Waals surface area contributed by atoms with Crippen LogP contribution in [0.4, 0.5) is 14.5 Å². The van der Waals surface area contributed by atoms with Gasteiger partial charge in [0.15, 0.2) is 11.6 Å². The zero-order valence-corrected chi connectivity index (χ0v) is 16.7. The van der Waals surface area contributed by atoms with Crippen LogP contribution < -0.4 is 5.32 Å². The quantitative estimate of drug-likeness (QED) is 0.781. The number of amides is 1. The van der Waals surface area contributed by atoms with Gasteiger partial charge in [0.25, 0.3) is 5.91 Å². The fourth-order valence-corrected chi connectivity index (χ4v) is 6.09. The first-order valence-corrected chi connectivity index (χ1v) is 10.4. The molecule has 1 heterocycles. The molecule has 3 unspecified atom stereocenters. The van der Waals surface area contributed by atoms with Crippen molar-refractivity contribution in [1.82, 2.24) is 4.57 Å². The number of aryl methyl sites for hydroxylation is 1. The molecule has 0 saturated heterocycles. The van der Waals surface area contributed by atoms with Crippen LogP contribution >= 0.6 is 11.8 Å². The van der Waals surface area contributed by atoms with Crippen LogP contribution in [-0.2, 0) is 7.05 Å². The molecule has 2 fully saturated rings. The van der Waals surface area contributed by atoms with Crippen molar-refractivity contribution in [3.63, 3.8) is 0 Å². The topological polar surface area (TPSA) is 54.3 Å². The van der Waals surface area contributed by atoms with E-state index >= 15 is 0 Å². The van der Waals surface area contributed by atoms with Crippen LogP contribution in [0.3, 0.4) is 0 Å². The molecular formula is C21H24F2N2O2S. The highest BCUT2D eigenvalue weighted by atomic mass is 32.2. The summed E-state index contributed by atoms with van der Waals surface area (Å²) < 4.78 is 28.1. The van der Waals surface area contributed by atoms with E-state index in [4.69, 9.17) is 0 Å². The molecule has 0 radical (unpaired) electrons. The van der Waals surface area contributed by atoms with Crippen molar-refractivity contribution >= 4 is 23.4 Å². The Balaban J connectivity index is 1.43. The molecule has 28 heavy (non-hydrogen) atoms. The summed E-state index contributed by atoms with van der Waals surface area (Å²) in [7, 11) is 1.79. The summed E-state index contributed by atoms with van der Waals surface area (Å²) in [6.07, 6.45) is 6.06. The molecule has 2 saturated carbocycles. The number of fused-ring (bicyclic) bond motifs is 2. The van der Waals surface area contributed by atoms with Gasteiger partial charge in [-0.1, -0.05) is 0 Å². The Kier molecular flexibility index (Phi) is 5.00. The van der Waals surface area contributed by atoms with Crippen LogP contribution in [-0.4, -0.2) is 26.4 Å². The SMILES string of the molecule is Cn1cc(SC2CC3CC[C@@H](C2)C3(C)O)cc1C(=O)Nc1ccc(F)c(F)c1. The average molecular weight is 406 g/mol. The Hall–Kier alpha value is -1.86. The number of thioether (sulfide) groups is 1. The fourth-order valence-electron chi connectivity index (χ4n) is 4.65. The Labute approximate surface area is 167 Å². The zero-order valence-electron chi connectivity index (χ0n) is 15.9. The molecule has 1 amide bonds. The van der Waals surface area contributed by atoms with E-state index in [-0.39, 0.29) is 11.6 Å². The average Bonchev–Trinajstić information content (AvgIpc) is 3.01. The fraction of sp³-hybridized carbons (Fsp3) is 0.476. The second kappa shape index (κ2) is 7.19. The summed E-state index contributed by atoms with van der Waals surface area (Å²) in [5.74, 6) is -1.61. The number of carbonyl (C=O) groups is 1. The van der Waals surface area contributed by atoms with E-state index in [2.05, 4.69) is 5.32 Å². The van der Waals surface area contributed by atoms with Crippen LogP contribution in [0.1, 0.15) is 43.1 Å². The van der Waals surface area contributed by atoms with E-state index < -0.39 is 17.2 Å². The molecule has 0 spiro atoms. The molecular weight excluding hydrogens is 382 g/mol. The van der Waals surface area contributed by atoms with Crippen molar-refractivity contribution in [2.45, 2.75) is 48.4 Å². The predicted octanol–water partition coefficient (Wildman–Crippen LogP) is 4.59. The van der Waals surface area contributed by atoms with Gasteiger partial charge in [-0.25, -0.2) is 8.78 Å². The molecule has 150 valence electrons. The Morgan fingerprint density at radius 3 is 2.54 bits per heavy atom. The lowest BCUT2D eigenvalue weighted by Gasteiger charge is -2.40. The Bertz CT molecular complexity index is 896. The van der Waals surface area contributed by atoms with Gasteiger partial charge in [0, 0.05) is 35.1 Å². The molecule has 0 aliphatic heterocycles. The molecule has 2 aromatic rings. The molecule has 4 atom stereocenters. The third kappa shape index (κ3) is 3.57. The standard InChI is InChI=1S/C21H24F2N2O2S/c1-21(27)12-3-4-13(21)8-15(7-12)28-16-10-19(25(2)11-16)20(26)24-14-5-6-17(22)18(23)9-14/h5-6,9-13,15,27H,3-4,7-8H2,1-2H3,(H,24,26)/t12-,13?,15?,21?/m0/s1. The number of aromatic nitrogens is 1. The number of aliphatic hydroxyl groups is 1. The highest BCUT2D eigenvalue weighted by molar-refractivity contribution is 8.00. The Morgan fingerprint density at radius 2 is 1.89 bits per heavy atom. The van der Waals surface area contributed by atoms with Gasteiger partial charge in [0.2, 0.25) is 0 Å². The van der Waals surface area contributed by atoms with E-state index in [0.717, 1.165) is 42.7 Å². The zero-order chi connectivity index (χ0) is 20.1. The van der Waals surface area contributed by atoms with Gasteiger partial charge in [0.05, 0.1) is 5.60 Å². The lowest BCUT2D eigenvalue weighted by Crippen LogP contribution is -2.42. The van der Waals surface area contributed by atoms with Gasteiger partial charge < -0.3 is 15.0 Å². The second-order valence-electron chi connectivity index (χ2n) is 8.16. The number of rotatable bonds is 4. The lowest BCUT2D eigenvalue weighted by molar-refractivity contribution is -0.0407. The van der Waals surface area contributed by atoms with Crippen molar-refractivity contribution in [2.24, 2.45) is 18.9 Å². The van der Waals surface area contributed by atoms with Gasteiger partial charge >= 0.3 is 0 Å². The van der Waals surface area contributed by atoms with Crippen LogP contribution in [0.25, 0.3) is 0 Å². The number of nitrogens with zero attached hydrogens (tertiary/aromatic N) is 1. The number of hydrogen-bond acceptors (Lipinski definition) is 3. The van der Waals surface area contributed by atoms with E-state index in [0.29, 0.717) is 22.8 Å². The van der Waals surface area contributed by atoms with Crippen molar-refractivity contribution in [3.05, 3.63) is 47.8 Å². The first-order chi connectivity index (χ1) is 13.2. The molecule has 4 nitrogen and oxygen atoms in total. The number of nitrogens with one attached hydrogen (secondary N) is 1. The number of benzene rings is 1. The second-order valence-corrected chi connectivity index (χ2v) is 9.54. The maximum atomic E-state index is 13.3. The molecule has 2 aliphatic carbocycles. The van der Waals surface area contributed by atoms with Gasteiger partial charge in [-0.3, -0.25) is 4.79 Å². The molecule has 2 aliphatic rings. The summed E-state index contributed by atoms with van der Waals surface area (Å²) in [5, 5.41) is 13.7. The van der Waals surface area contributed by atoms with Crippen LogP contribution in [0.2, 0.25) is 0 Å². The third-order valence-corrected chi connectivity index (χ3v) is 7.52. The summed E-state index contributed by atoms with van der Waals surface area (Å²) in [4.78, 5) is 13.5. The third-order valence-electron chi connectivity index (χ3n) is 6.30. The number of carbonyl (C=O) groups excluding carboxylic acids is 1. The molecule has 4 rings (SSSR count). The van der Waals surface area contributed by atoms with Crippen molar-refractivity contribution in [1.29, 1.82) is 0 Å². The van der Waals surface area contributed by atoms with Crippen molar-refractivity contribution < 1.29 is 18.7 Å². The number of hydrogen-bond donors (Lipinski definition) is 2. The van der Waals surface area contributed by atoms with Crippen molar-refractivity contribution in [2.75, 3.05) is 5.32 Å². The van der Waals surface area contributed by atoms with Gasteiger partial charge in [-0.2, -0.15) is 0 Å². The molecule has 1 aromatic carbocycles. The molecule has 1 aromatic heterocycles. The van der Waals surface area contributed by atoms with E-state index in [1.54, 1.807) is 23.4 Å². The monoisotopic (exact) mass is 406 g/mol. The normalized spacial score (nSPS) is 29.1. The summed E-state index contributed by atoms with van der Waals surface area (Å²) >= 11 is 1.75. The van der Waals surface area contributed by atoms with Crippen LogP contribution in [0.5, 0.6) is 0 Å². The minimum atomic E-state index is -0.997. The first-order valence-electron chi connectivity index (χ1n) is 9.56. The first kappa shape index (κ1) is 19.5. The molecule has 7 heteroatoms. The molecule has 2 N–H and O–H groups in total. The highest BCUT2D eigenvalue weighted by Gasteiger charge is 2.50. The van der Waals surface area contributed by atoms with Gasteiger partial charge in [-0.05, 0) is 62.6 Å². The van der Waals surface area contributed by atoms with Crippen LogP contribution in [0.15, 0.2) is 35.4 Å². The van der Waals surface area contributed by atoms with Gasteiger partial charge in [0.1, 0.15) is 5.69 Å². The molecule has 2 bridgehead atoms. The minimum Gasteiger partial charge on any atom is -0.390 e. The minimum absolute atomic E-state index is 0.213. The van der Waals surface area contributed by atoms with E-state index in [9.17, 15) is 18.7 Å². The number of anilines is 1. The summed E-state index contributed by atoms with van der Waals surface area (Å²) in [6, 6.07) is 5.12. The van der Waals surface area contributed by atoms with Gasteiger partial charge in [-0.15, -0.1) is 11.8 Å². The maximum absolute atomic E-state index is 13.3. The lowest BCUT2D eigenvalue weighted by atomic mass is 9.76. The summed E-state index contributed by atoms with van der Waals surface area (Å²) in [5.41, 5.74) is 0.131. The highest BCUT2D eigenvalue weighted by Crippen LogP contribution is 2.52.